The molecule has 0 fully saturated rings. The van der Waals surface area contributed by atoms with Crippen LogP contribution in [0.5, 0.6) is 0 Å². The van der Waals surface area contributed by atoms with Gasteiger partial charge in [0.25, 0.3) is 6.43 Å². The van der Waals surface area contributed by atoms with Crippen LogP contribution in [0.15, 0.2) is 18.2 Å². The summed E-state index contributed by atoms with van der Waals surface area (Å²) in [6.45, 7) is -0.417. The monoisotopic (exact) mass is 248 g/mol. The topological polar surface area (TPSA) is 20.7 Å². The maximum absolute atomic E-state index is 12.3. The highest BCUT2D eigenvalue weighted by atomic mass is 35.5. The Morgan fingerprint density at radius 2 is 2.20 bits per heavy atom. The number of benzene rings is 1. The Morgan fingerprint density at radius 3 is 2.87 bits per heavy atom. The highest BCUT2D eigenvalue weighted by molar-refractivity contribution is 7.71. The van der Waals surface area contributed by atoms with Gasteiger partial charge in [0.2, 0.25) is 0 Å². The second-order valence-corrected chi connectivity index (χ2v) is 3.92. The van der Waals surface area contributed by atoms with Gasteiger partial charge in [-0.05, 0) is 30.4 Å². The molecule has 2 rings (SSSR count). The molecule has 0 bridgehead atoms. The molecule has 1 aromatic carbocycles. The van der Waals surface area contributed by atoms with Gasteiger partial charge in [-0.2, -0.15) is 0 Å². The standard InChI is InChI=1S/C9H7ClF2N2S/c10-5-1-2-6-7(3-5)14(4-8(11)12)9(15)13-6/h1-3,8H,4H2,(H,13,15). The summed E-state index contributed by atoms with van der Waals surface area (Å²) in [6, 6.07) is 5.02. The molecule has 0 aliphatic carbocycles. The Hall–Kier alpha value is -0.940. The Bertz CT molecular complexity index is 547. The van der Waals surface area contributed by atoms with Crippen molar-refractivity contribution in [2.75, 3.05) is 0 Å². The predicted molar refractivity (Wildman–Crippen MR) is 58.1 cm³/mol. The SMILES string of the molecule is FC(F)Cn1c(=S)[nH]c2ccc(Cl)cc21. The number of imidazole rings is 1. The summed E-state index contributed by atoms with van der Waals surface area (Å²) in [7, 11) is 0. The first kappa shape index (κ1) is 10.6. The zero-order valence-corrected chi connectivity index (χ0v) is 9.08. The lowest BCUT2D eigenvalue weighted by molar-refractivity contribution is 0.127. The predicted octanol–water partition coefficient (Wildman–Crippen LogP) is 3.62. The van der Waals surface area contributed by atoms with Gasteiger partial charge in [0.05, 0.1) is 17.6 Å². The van der Waals surface area contributed by atoms with Crippen LogP contribution in [0.3, 0.4) is 0 Å². The molecule has 2 aromatic rings. The van der Waals surface area contributed by atoms with Crippen molar-refractivity contribution in [1.29, 1.82) is 0 Å². The Labute approximate surface area is 94.5 Å². The molecule has 15 heavy (non-hydrogen) atoms. The molecule has 0 atom stereocenters. The first-order valence-corrected chi connectivity index (χ1v) is 5.03. The number of nitrogens with zero attached hydrogens (tertiary/aromatic N) is 1. The number of alkyl halides is 2. The average molecular weight is 249 g/mol. The molecule has 2 nitrogen and oxygen atoms in total. The molecule has 1 N–H and O–H groups in total. The lowest BCUT2D eigenvalue weighted by Crippen LogP contribution is -2.06. The molecular weight excluding hydrogens is 242 g/mol. The van der Waals surface area contributed by atoms with Crippen molar-refractivity contribution < 1.29 is 8.78 Å². The Morgan fingerprint density at radius 1 is 1.47 bits per heavy atom. The van der Waals surface area contributed by atoms with Gasteiger partial charge in [0, 0.05) is 5.02 Å². The highest BCUT2D eigenvalue weighted by Crippen LogP contribution is 2.20. The van der Waals surface area contributed by atoms with Gasteiger partial charge >= 0.3 is 0 Å². The summed E-state index contributed by atoms with van der Waals surface area (Å²) in [5.74, 6) is 0. The van der Waals surface area contributed by atoms with E-state index in [1.807, 2.05) is 0 Å². The van der Waals surface area contributed by atoms with Crippen LogP contribution >= 0.6 is 23.8 Å². The average Bonchev–Trinajstić information content (AvgIpc) is 2.43. The summed E-state index contributed by atoms with van der Waals surface area (Å²) < 4.78 is 26.2. The van der Waals surface area contributed by atoms with E-state index in [1.54, 1.807) is 18.2 Å². The van der Waals surface area contributed by atoms with Crippen LogP contribution in [-0.2, 0) is 6.54 Å². The third kappa shape index (κ3) is 2.03. The van der Waals surface area contributed by atoms with E-state index in [1.165, 1.54) is 4.57 Å². The van der Waals surface area contributed by atoms with Crippen LogP contribution in [0.1, 0.15) is 0 Å². The minimum Gasteiger partial charge on any atom is -0.331 e. The van der Waals surface area contributed by atoms with Crippen molar-refractivity contribution in [2.24, 2.45) is 0 Å². The molecule has 0 aliphatic rings. The van der Waals surface area contributed by atoms with Crippen molar-refractivity contribution in [1.82, 2.24) is 9.55 Å². The van der Waals surface area contributed by atoms with Crippen LogP contribution in [0.4, 0.5) is 8.78 Å². The van der Waals surface area contributed by atoms with Crippen LogP contribution in [0, 0.1) is 4.77 Å². The van der Waals surface area contributed by atoms with Gasteiger partial charge in [0.1, 0.15) is 0 Å². The molecular formula is C9H7ClF2N2S. The number of nitrogens with one attached hydrogen (secondary N) is 1. The van der Waals surface area contributed by atoms with Crippen LogP contribution in [-0.4, -0.2) is 16.0 Å². The highest BCUT2D eigenvalue weighted by Gasteiger charge is 2.09. The molecule has 6 heteroatoms. The van der Waals surface area contributed by atoms with E-state index < -0.39 is 13.0 Å². The fourth-order valence-corrected chi connectivity index (χ4v) is 1.89. The quantitative estimate of drug-likeness (QED) is 0.805. The number of fused-ring (bicyclic) bond motifs is 1. The van der Waals surface area contributed by atoms with Gasteiger partial charge in [0.15, 0.2) is 4.77 Å². The van der Waals surface area contributed by atoms with Gasteiger partial charge in [-0.15, -0.1) is 0 Å². The summed E-state index contributed by atoms with van der Waals surface area (Å²) in [5.41, 5.74) is 1.32. The summed E-state index contributed by atoms with van der Waals surface area (Å²) in [6.07, 6.45) is -2.44. The van der Waals surface area contributed by atoms with Crippen molar-refractivity contribution in [3.63, 3.8) is 0 Å². The van der Waals surface area contributed by atoms with E-state index in [4.69, 9.17) is 23.8 Å². The van der Waals surface area contributed by atoms with E-state index in [0.29, 0.717) is 16.1 Å². The zero-order chi connectivity index (χ0) is 11.0. The van der Waals surface area contributed by atoms with Gasteiger partial charge in [-0.3, -0.25) is 0 Å². The van der Waals surface area contributed by atoms with Crippen LogP contribution in [0.25, 0.3) is 11.0 Å². The van der Waals surface area contributed by atoms with Crippen molar-refractivity contribution in [2.45, 2.75) is 13.0 Å². The van der Waals surface area contributed by atoms with E-state index in [2.05, 4.69) is 4.98 Å². The molecule has 0 saturated heterocycles. The lowest BCUT2D eigenvalue weighted by Gasteiger charge is -2.02. The van der Waals surface area contributed by atoms with Crippen molar-refractivity contribution >= 4 is 34.9 Å². The Balaban J connectivity index is 2.65. The number of hydrogen-bond acceptors (Lipinski definition) is 1. The minimum absolute atomic E-state index is 0.285. The van der Waals surface area contributed by atoms with Crippen LogP contribution in [0.2, 0.25) is 5.02 Å². The smallest absolute Gasteiger partial charge is 0.256 e. The number of aromatic amines is 1. The summed E-state index contributed by atoms with van der Waals surface area (Å²) in [5, 5.41) is 0.500. The van der Waals surface area contributed by atoms with Crippen molar-refractivity contribution in [3.05, 3.63) is 28.0 Å². The number of aromatic nitrogens is 2. The van der Waals surface area contributed by atoms with E-state index in [9.17, 15) is 8.78 Å². The first-order chi connectivity index (χ1) is 7.08. The number of rotatable bonds is 2. The second-order valence-electron chi connectivity index (χ2n) is 3.09. The molecule has 1 heterocycles. The third-order valence-electron chi connectivity index (χ3n) is 2.06. The molecule has 0 radical (unpaired) electrons. The Kier molecular flexibility index (Phi) is 2.75. The molecule has 1 aromatic heterocycles. The van der Waals surface area contributed by atoms with Crippen molar-refractivity contribution in [3.8, 4) is 0 Å². The molecule has 0 unspecified atom stereocenters. The number of hydrogen-bond donors (Lipinski definition) is 1. The van der Waals surface area contributed by atoms with Gasteiger partial charge < -0.3 is 9.55 Å². The molecule has 0 aliphatic heterocycles. The molecule has 0 spiro atoms. The fourth-order valence-electron chi connectivity index (χ4n) is 1.45. The third-order valence-corrected chi connectivity index (χ3v) is 2.62. The molecule has 80 valence electrons. The number of halogens is 3. The van der Waals surface area contributed by atoms with E-state index >= 15 is 0 Å². The summed E-state index contributed by atoms with van der Waals surface area (Å²) >= 11 is 10.7. The zero-order valence-electron chi connectivity index (χ0n) is 7.51. The number of H-pyrrole nitrogens is 1. The maximum Gasteiger partial charge on any atom is 0.256 e. The first-order valence-electron chi connectivity index (χ1n) is 4.24. The van der Waals surface area contributed by atoms with Gasteiger partial charge in [-0.1, -0.05) is 11.6 Å². The van der Waals surface area contributed by atoms with Gasteiger partial charge in [-0.25, -0.2) is 8.78 Å². The van der Waals surface area contributed by atoms with Crippen LogP contribution < -0.4 is 0 Å². The minimum atomic E-state index is -2.44. The maximum atomic E-state index is 12.3. The molecule has 0 amide bonds. The van der Waals surface area contributed by atoms with E-state index in [-0.39, 0.29) is 4.77 Å². The van der Waals surface area contributed by atoms with E-state index in [0.717, 1.165) is 0 Å². The summed E-state index contributed by atoms with van der Waals surface area (Å²) in [4.78, 5) is 2.85. The fraction of sp³-hybridized carbons (Fsp3) is 0.222. The lowest BCUT2D eigenvalue weighted by atomic mass is 10.3. The molecule has 0 saturated carbocycles. The second kappa shape index (κ2) is 3.90. The normalized spacial score (nSPS) is 11.5. The largest absolute Gasteiger partial charge is 0.331 e.